The van der Waals surface area contributed by atoms with Crippen molar-refractivity contribution >= 4 is 23.4 Å². The van der Waals surface area contributed by atoms with Gasteiger partial charge in [0.25, 0.3) is 0 Å². The quantitative estimate of drug-likeness (QED) is 0.595. The van der Waals surface area contributed by atoms with Crippen LogP contribution in [0.25, 0.3) is 0 Å². The second kappa shape index (κ2) is 8.47. The van der Waals surface area contributed by atoms with E-state index in [4.69, 9.17) is 18.0 Å². The van der Waals surface area contributed by atoms with Crippen LogP contribution in [0.2, 0.25) is 5.02 Å². The summed E-state index contributed by atoms with van der Waals surface area (Å²) in [6, 6.07) is 8.43. The zero-order valence-electron chi connectivity index (χ0n) is 10.1. The first kappa shape index (κ1) is 14.4. The van der Waals surface area contributed by atoms with E-state index < -0.39 is 0 Å². The molecule has 0 aromatic heterocycles. The molecule has 0 bridgehead atoms. The molecule has 1 aromatic carbocycles. The van der Waals surface area contributed by atoms with Gasteiger partial charge in [0.1, 0.15) is 0 Å². The van der Waals surface area contributed by atoms with Crippen LogP contribution in [0.4, 0.5) is 0 Å². The van der Waals surface area contributed by atoms with Crippen molar-refractivity contribution in [3.8, 4) is 12.3 Å². The summed E-state index contributed by atoms with van der Waals surface area (Å²) >= 11 is 7.77. The molecule has 0 radical (unpaired) electrons. The molecule has 1 rings (SSSR count). The van der Waals surface area contributed by atoms with Gasteiger partial charge in [0, 0.05) is 28.1 Å². The third-order valence-electron chi connectivity index (χ3n) is 2.38. The maximum atomic E-state index is 5.95. The number of benzene rings is 1. The molecule has 0 aliphatic rings. The van der Waals surface area contributed by atoms with Crippen LogP contribution in [0.15, 0.2) is 29.2 Å². The van der Waals surface area contributed by atoms with Crippen LogP contribution in [0.1, 0.15) is 19.8 Å². The number of rotatable bonds is 7. The van der Waals surface area contributed by atoms with E-state index in [-0.39, 0.29) is 0 Å². The molecule has 3 heteroatoms. The molecule has 1 atom stereocenters. The van der Waals surface area contributed by atoms with Crippen molar-refractivity contribution in [2.24, 2.45) is 0 Å². The summed E-state index contributed by atoms with van der Waals surface area (Å²) < 4.78 is 0. The molecule has 1 aromatic rings. The summed E-state index contributed by atoms with van der Waals surface area (Å²) in [6.45, 7) is 3.10. The highest BCUT2D eigenvalue weighted by atomic mass is 35.5. The summed E-state index contributed by atoms with van der Waals surface area (Å²) in [5.41, 5.74) is 0. The van der Waals surface area contributed by atoms with Gasteiger partial charge in [0.05, 0.1) is 0 Å². The molecule has 0 saturated heterocycles. The van der Waals surface area contributed by atoms with Crippen LogP contribution < -0.4 is 5.32 Å². The number of hydrogen-bond acceptors (Lipinski definition) is 2. The predicted octanol–water partition coefficient (Wildman–Crippen LogP) is 3.82. The van der Waals surface area contributed by atoms with Gasteiger partial charge in [-0.1, -0.05) is 24.6 Å². The van der Waals surface area contributed by atoms with Gasteiger partial charge in [-0.05, 0) is 31.2 Å². The Balaban J connectivity index is 2.43. The maximum absolute atomic E-state index is 5.95. The number of thioether (sulfide) groups is 1. The van der Waals surface area contributed by atoms with E-state index in [1.807, 2.05) is 30.0 Å². The Bertz CT molecular complexity index is 373. The molecule has 0 spiro atoms. The van der Waals surface area contributed by atoms with Crippen molar-refractivity contribution in [3.63, 3.8) is 0 Å². The number of terminal acetylenes is 1. The first-order chi connectivity index (χ1) is 8.26. The van der Waals surface area contributed by atoms with Crippen LogP contribution >= 0.6 is 23.4 Å². The van der Waals surface area contributed by atoms with Crippen molar-refractivity contribution in [1.82, 2.24) is 5.32 Å². The summed E-state index contributed by atoms with van der Waals surface area (Å²) in [4.78, 5) is 1.21. The van der Waals surface area contributed by atoms with Crippen LogP contribution in [-0.2, 0) is 0 Å². The van der Waals surface area contributed by atoms with E-state index in [0.717, 1.165) is 30.2 Å². The molecule has 92 valence electrons. The van der Waals surface area contributed by atoms with Gasteiger partial charge < -0.3 is 5.32 Å². The lowest BCUT2D eigenvalue weighted by atomic mass is 10.2. The Hall–Kier alpha value is -0.620. The lowest BCUT2D eigenvalue weighted by Crippen LogP contribution is -2.30. The first-order valence-electron chi connectivity index (χ1n) is 5.81. The highest BCUT2D eigenvalue weighted by Gasteiger charge is 2.07. The van der Waals surface area contributed by atoms with Gasteiger partial charge in [-0.15, -0.1) is 24.1 Å². The first-order valence-corrected chi connectivity index (χ1v) is 7.17. The smallest absolute Gasteiger partial charge is 0.0417 e. The topological polar surface area (TPSA) is 12.0 Å². The average molecular weight is 268 g/mol. The van der Waals surface area contributed by atoms with E-state index >= 15 is 0 Å². The Kier molecular flexibility index (Phi) is 7.19. The molecule has 0 heterocycles. The van der Waals surface area contributed by atoms with E-state index in [9.17, 15) is 0 Å². The molecule has 1 N–H and O–H groups in total. The molecule has 1 nitrogen and oxygen atoms in total. The predicted molar refractivity (Wildman–Crippen MR) is 77.7 cm³/mol. The largest absolute Gasteiger partial charge is 0.313 e. The zero-order chi connectivity index (χ0) is 12.5. The highest BCUT2D eigenvalue weighted by Crippen LogP contribution is 2.22. The Labute approximate surface area is 113 Å². The molecule has 1 unspecified atom stereocenters. The van der Waals surface area contributed by atoms with Crippen LogP contribution in [0, 0.1) is 12.3 Å². The Morgan fingerprint density at radius 1 is 1.53 bits per heavy atom. The van der Waals surface area contributed by atoms with Gasteiger partial charge in [0.15, 0.2) is 0 Å². The standard InChI is InChI=1S/C14H18ClNS/c1-3-5-8-13(16-4-2)11-17-14-9-6-7-12(15)10-14/h1,6-7,9-10,13,16H,4-5,8,11H2,2H3. The fraction of sp³-hybridized carbons (Fsp3) is 0.429. The lowest BCUT2D eigenvalue weighted by Gasteiger charge is -2.16. The Morgan fingerprint density at radius 2 is 2.35 bits per heavy atom. The van der Waals surface area contributed by atoms with Crippen LogP contribution in [0.3, 0.4) is 0 Å². The van der Waals surface area contributed by atoms with Gasteiger partial charge in [0.2, 0.25) is 0 Å². The van der Waals surface area contributed by atoms with E-state index in [2.05, 4.69) is 24.2 Å². The summed E-state index contributed by atoms with van der Waals surface area (Å²) in [5.74, 6) is 3.72. The van der Waals surface area contributed by atoms with E-state index in [1.165, 1.54) is 4.90 Å². The van der Waals surface area contributed by atoms with Crippen molar-refractivity contribution in [3.05, 3.63) is 29.3 Å². The summed E-state index contributed by atoms with van der Waals surface area (Å²) in [5, 5.41) is 4.24. The number of halogens is 1. The molecule has 0 amide bonds. The highest BCUT2D eigenvalue weighted by molar-refractivity contribution is 7.99. The van der Waals surface area contributed by atoms with Crippen molar-refractivity contribution in [2.75, 3.05) is 12.3 Å². The second-order valence-corrected chi connectivity index (χ2v) is 5.30. The molecule has 0 aliphatic heterocycles. The second-order valence-electron chi connectivity index (χ2n) is 3.77. The van der Waals surface area contributed by atoms with Crippen LogP contribution in [0.5, 0.6) is 0 Å². The SMILES string of the molecule is C#CCCC(CSc1cccc(Cl)c1)NCC. The maximum Gasteiger partial charge on any atom is 0.0417 e. The normalized spacial score (nSPS) is 12.1. The minimum Gasteiger partial charge on any atom is -0.313 e. The lowest BCUT2D eigenvalue weighted by molar-refractivity contribution is 0.545. The molecular formula is C14H18ClNS. The minimum atomic E-state index is 0.472. The number of hydrogen-bond donors (Lipinski definition) is 1. The van der Waals surface area contributed by atoms with Crippen molar-refractivity contribution < 1.29 is 0 Å². The fourth-order valence-corrected chi connectivity index (χ4v) is 2.86. The van der Waals surface area contributed by atoms with Crippen molar-refractivity contribution in [1.29, 1.82) is 0 Å². The molecule has 0 saturated carbocycles. The zero-order valence-corrected chi connectivity index (χ0v) is 11.7. The van der Waals surface area contributed by atoms with Crippen molar-refractivity contribution in [2.45, 2.75) is 30.7 Å². The molecule has 0 fully saturated rings. The molecule has 0 aliphatic carbocycles. The van der Waals surface area contributed by atoms with Gasteiger partial charge >= 0.3 is 0 Å². The average Bonchev–Trinajstić information content (AvgIpc) is 2.33. The van der Waals surface area contributed by atoms with Gasteiger partial charge in [-0.3, -0.25) is 0 Å². The monoisotopic (exact) mass is 267 g/mol. The molecule has 17 heavy (non-hydrogen) atoms. The third kappa shape index (κ3) is 6.02. The van der Waals surface area contributed by atoms with E-state index in [0.29, 0.717) is 6.04 Å². The summed E-state index contributed by atoms with van der Waals surface area (Å²) in [6.07, 6.45) is 7.15. The third-order valence-corrected chi connectivity index (χ3v) is 3.77. The minimum absolute atomic E-state index is 0.472. The molecular weight excluding hydrogens is 250 g/mol. The number of nitrogens with one attached hydrogen (secondary N) is 1. The fourth-order valence-electron chi connectivity index (χ4n) is 1.54. The van der Waals surface area contributed by atoms with E-state index in [1.54, 1.807) is 0 Å². The summed E-state index contributed by atoms with van der Waals surface area (Å²) in [7, 11) is 0. The van der Waals surface area contributed by atoms with Gasteiger partial charge in [-0.2, -0.15) is 0 Å². The van der Waals surface area contributed by atoms with Gasteiger partial charge in [-0.25, -0.2) is 0 Å². The Morgan fingerprint density at radius 3 is 3.00 bits per heavy atom. The van der Waals surface area contributed by atoms with Crippen LogP contribution in [-0.4, -0.2) is 18.3 Å².